The van der Waals surface area contributed by atoms with Gasteiger partial charge in [-0.25, -0.2) is 0 Å². The van der Waals surface area contributed by atoms with Crippen molar-refractivity contribution in [1.29, 1.82) is 0 Å². The number of hydrogen-bond donors (Lipinski definition) is 1. The second kappa shape index (κ2) is 10.8. The highest BCUT2D eigenvalue weighted by Gasteiger charge is 2.42. The third-order valence-electron chi connectivity index (χ3n) is 4.08. The smallest absolute Gasteiger partial charge is 0.348 e. The maximum Gasteiger partial charge on any atom is 0.348 e. The Morgan fingerprint density at radius 1 is 0.613 bits per heavy atom. The highest BCUT2D eigenvalue weighted by molar-refractivity contribution is 6.94. The van der Waals surface area contributed by atoms with Crippen molar-refractivity contribution < 1.29 is 22.8 Å². The minimum atomic E-state index is -2.43. The van der Waals surface area contributed by atoms with Crippen LogP contribution < -0.4 is 14.7 Å². The fraction of sp³-hybridized carbons (Fsp3) is 0.478. The van der Waals surface area contributed by atoms with Gasteiger partial charge >= 0.3 is 8.56 Å². The Balaban J connectivity index is 0.000000399. The van der Waals surface area contributed by atoms with Gasteiger partial charge in [0.05, 0.1) is 14.2 Å². The first-order valence-electron chi connectivity index (χ1n) is 10.5. The Morgan fingerprint density at radius 3 is 1.42 bits per heavy atom. The molecule has 0 aliphatic carbocycles. The van der Waals surface area contributed by atoms with E-state index in [0.29, 0.717) is 5.75 Å². The summed E-state index contributed by atoms with van der Waals surface area (Å²) in [5, 5.41) is 10.2. The predicted molar refractivity (Wildman–Crippen MR) is 137 cm³/mol. The van der Waals surface area contributed by atoms with Crippen LogP contribution in [0.1, 0.15) is 11.1 Å². The molecular formula is C23H40O5Si3. The van der Waals surface area contributed by atoms with Crippen LogP contribution in [0.15, 0.2) is 36.4 Å². The molecule has 0 aliphatic rings. The van der Waals surface area contributed by atoms with Crippen LogP contribution >= 0.6 is 0 Å². The lowest BCUT2D eigenvalue weighted by Gasteiger charge is -2.38. The third kappa shape index (κ3) is 10.0. The Bertz CT molecular complexity index is 821. The van der Waals surface area contributed by atoms with Crippen molar-refractivity contribution in [1.82, 2.24) is 0 Å². The van der Waals surface area contributed by atoms with E-state index in [9.17, 15) is 0 Å². The zero-order chi connectivity index (χ0) is 24.0. The Morgan fingerprint density at radius 2 is 1.03 bits per heavy atom. The highest BCUT2D eigenvalue weighted by atomic mass is 28.5. The van der Waals surface area contributed by atoms with Crippen LogP contribution in [0.4, 0.5) is 0 Å². The second-order valence-corrected chi connectivity index (χ2v) is 22.4. The summed E-state index contributed by atoms with van der Waals surface area (Å²) >= 11 is 0. The molecule has 174 valence electrons. The van der Waals surface area contributed by atoms with Gasteiger partial charge in [0.15, 0.2) is 16.6 Å². The molecule has 0 unspecified atom stereocenters. The van der Waals surface area contributed by atoms with Gasteiger partial charge in [0.1, 0.15) is 17.2 Å². The molecule has 0 radical (unpaired) electrons. The van der Waals surface area contributed by atoms with Crippen LogP contribution in [0.3, 0.4) is 0 Å². The third-order valence-corrected chi connectivity index (χ3v) is 13.4. The summed E-state index contributed by atoms with van der Waals surface area (Å²) in [5.74, 6) is 1.82. The highest BCUT2D eigenvalue weighted by Crippen LogP contribution is 2.23. The quantitative estimate of drug-likeness (QED) is 0.516. The molecule has 0 heterocycles. The monoisotopic (exact) mass is 480 g/mol. The predicted octanol–water partition coefficient (Wildman–Crippen LogP) is 5.69. The van der Waals surface area contributed by atoms with E-state index >= 15 is 0 Å². The molecule has 0 aromatic heterocycles. The van der Waals surface area contributed by atoms with E-state index in [-0.39, 0.29) is 5.75 Å². The zero-order valence-corrected chi connectivity index (χ0v) is 24.0. The molecule has 2 rings (SSSR count). The molecule has 0 fully saturated rings. The van der Waals surface area contributed by atoms with Crippen molar-refractivity contribution in [3.8, 4) is 17.2 Å². The molecule has 0 amide bonds. The number of phenolic OH excluding ortho intramolecular Hbond substituents is 1. The van der Waals surface area contributed by atoms with Crippen LogP contribution in [0.25, 0.3) is 0 Å². The lowest BCUT2D eigenvalue weighted by atomic mass is 10.2. The fourth-order valence-electron chi connectivity index (χ4n) is 3.28. The van der Waals surface area contributed by atoms with Gasteiger partial charge in [-0.15, -0.1) is 0 Å². The first kappa shape index (κ1) is 27.4. The molecule has 0 saturated heterocycles. The molecule has 8 heteroatoms. The summed E-state index contributed by atoms with van der Waals surface area (Å²) in [4.78, 5) is 0. The summed E-state index contributed by atoms with van der Waals surface area (Å²) in [6, 6.07) is 11.4. The van der Waals surface area contributed by atoms with E-state index in [1.54, 1.807) is 26.4 Å². The van der Waals surface area contributed by atoms with Gasteiger partial charge in [-0.05, 0) is 100 Å². The Hall–Kier alpha value is -1.59. The van der Waals surface area contributed by atoms with Gasteiger partial charge in [0.2, 0.25) is 0 Å². The standard InChI is InChI=1S/C15H30O3Si3.C8H10O2/c1-13-10-14(16-2)12-15(11-13)21(9,17-19(3,4)5)18-20(6,7)8;1-6-3-7(9)5-8(4-6)10-2/h10-12H,1-9H3;3-5,9H,1-2H3. The van der Waals surface area contributed by atoms with E-state index < -0.39 is 25.2 Å². The van der Waals surface area contributed by atoms with Crippen molar-refractivity contribution in [3.05, 3.63) is 47.5 Å². The SMILES string of the molecule is COc1cc(C)cc(O)c1.COc1cc(C)cc([Si](C)(O[Si](C)(C)C)O[Si](C)(C)C)c1. The summed E-state index contributed by atoms with van der Waals surface area (Å²) in [5.41, 5.74) is 2.18. The van der Waals surface area contributed by atoms with Gasteiger partial charge in [-0.3, -0.25) is 0 Å². The van der Waals surface area contributed by atoms with Gasteiger partial charge in [-0.2, -0.15) is 0 Å². The minimum Gasteiger partial charge on any atom is -0.508 e. The molecule has 0 saturated carbocycles. The van der Waals surface area contributed by atoms with E-state index in [2.05, 4.69) is 64.9 Å². The van der Waals surface area contributed by atoms with Crippen LogP contribution in [0.5, 0.6) is 17.2 Å². The number of benzene rings is 2. The number of methoxy groups -OCH3 is 2. The summed E-state index contributed by atoms with van der Waals surface area (Å²) in [6.07, 6.45) is 0. The normalized spacial score (nSPS) is 12.1. The summed E-state index contributed by atoms with van der Waals surface area (Å²) in [6.45, 7) is 19.5. The molecular weight excluding hydrogens is 441 g/mol. The zero-order valence-electron chi connectivity index (χ0n) is 21.0. The molecule has 0 aliphatic heterocycles. The van der Waals surface area contributed by atoms with E-state index in [1.807, 2.05) is 19.1 Å². The van der Waals surface area contributed by atoms with Gasteiger partial charge < -0.3 is 22.8 Å². The van der Waals surface area contributed by atoms with Crippen LogP contribution in [0, 0.1) is 13.8 Å². The molecule has 0 bridgehead atoms. The van der Waals surface area contributed by atoms with Crippen molar-refractivity contribution in [3.63, 3.8) is 0 Å². The summed E-state index contributed by atoms with van der Waals surface area (Å²) < 4.78 is 23.5. The molecule has 1 N–H and O–H groups in total. The first-order valence-corrected chi connectivity index (χ1v) is 19.6. The van der Waals surface area contributed by atoms with Gasteiger partial charge in [-0.1, -0.05) is 6.07 Å². The number of ether oxygens (including phenoxy) is 2. The summed E-state index contributed by atoms with van der Waals surface area (Å²) in [7, 11) is -2.55. The van der Waals surface area contributed by atoms with Crippen molar-refractivity contribution in [2.75, 3.05) is 14.2 Å². The molecule has 2 aromatic carbocycles. The average molecular weight is 481 g/mol. The van der Waals surface area contributed by atoms with Crippen molar-refractivity contribution >= 4 is 30.4 Å². The van der Waals surface area contributed by atoms with Crippen molar-refractivity contribution in [2.24, 2.45) is 0 Å². The second-order valence-electron chi connectivity index (χ2n) is 9.82. The first-order chi connectivity index (χ1) is 14.1. The molecule has 2 aromatic rings. The minimum absolute atomic E-state index is 0.247. The van der Waals surface area contributed by atoms with E-state index in [0.717, 1.165) is 11.3 Å². The maximum absolute atomic E-state index is 9.04. The van der Waals surface area contributed by atoms with Crippen LogP contribution in [-0.4, -0.2) is 44.5 Å². The largest absolute Gasteiger partial charge is 0.508 e. The Kier molecular flexibility index (Phi) is 9.58. The lowest BCUT2D eigenvalue weighted by molar-refractivity contribution is 0.401. The number of aryl methyl sites for hydroxylation is 2. The van der Waals surface area contributed by atoms with Crippen LogP contribution in [-0.2, 0) is 8.23 Å². The maximum atomic E-state index is 9.04. The molecule has 0 atom stereocenters. The van der Waals surface area contributed by atoms with Gasteiger partial charge in [0, 0.05) is 6.07 Å². The average Bonchev–Trinajstić information content (AvgIpc) is 2.57. The van der Waals surface area contributed by atoms with E-state index in [4.69, 9.17) is 22.8 Å². The Labute approximate surface area is 191 Å². The number of aromatic hydroxyl groups is 1. The number of hydrogen-bond acceptors (Lipinski definition) is 5. The molecule has 31 heavy (non-hydrogen) atoms. The van der Waals surface area contributed by atoms with Crippen molar-refractivity contribution in [2.45, 2.75) is 59.7 Å². The fourth-order valence-corrected chi connectivity index (χ4v) is 15.0. The van der Waals surface area contributed by atoms with E-state index in [1.165, 1.54) is 10.8 Å². The van der Waals surface area contributed by atoms with Crippen LogP contribution in [0.2, 0.25) is 45.8 Å². The number of phenols is 1. The molecule has 0 spiro atoms. The topological polar surface area (TPSA) is 57.2 Å². The molecule has 5 nitrogen and oxygen atoms in total. The van der Waals surface area contributed by atoms with Gasteiger partial charge in [0.25, 0.3) is 0 Å². The number of rotatable bonds is 7. The lowest BCUT2D eigenvalue weighted by Crippen LogP contribution is -2.60.